The van der Waals surface area contributed by atoms with Crippen LogP contribution in [0.4, 0.5) is 0 Å². The second-order valence-corrected chi connectivity index (χ2v) is 7.59. The summed E-state index contributed by atoms with van der Waals surface area (Å²) in [6.45, 7) is 4.59. The third-order valence-electron chi connectivity index (χ3n) is 1.34. The monoisotopic (exact) mass is 346 g/mol. The van der Waals surface area contributed by atoms with E-state index in [1.807, 2.05) is 0 Å². The van der Waals surface area contributed by atoms with Crippen molar-refractivity contribution in [2.45, 2.75) is 47.8 Å². The Hall–Kier alpha value is 1.88. The van der Waals surface area contributed by atoms with Gasteiger partial charge in [0.15, 0.2) is 0 Å². The first-order valence-corrected chi connectivity index (χ1v) is 8.96. The minimum absolute atomic E-state index is 0. The van der Waals surface area contributed by atoms with E-state index in [4.69, 9.17) is 0 Å². The van der Waals surface area contributed by atoms with Crippen molar-refractivity contribution in [3.05, 3.63) is 0 Å². The molecule has 0 atom stereocenters. The molecular weight excluding hydrogens is 328 g/mol. The van der Waals surface area contributed by atoms with Gasteiger partial charge in [0.25, 0.3) is 0 Å². The Labute approximate surface area is 99.4 Å². The smallest absolute Gasteiger partial charge is 0 e. The molecule has 0 aliphatic heterocycles. The maximum Gasteiger partial charge on any atom is 0 e. The van der Waals surface area contributed by atoms with Crippen molar-refractivity contribution in [1.82, 2.24) is 0 Å². The molecule has 0 unspecified atom stereocenters. The topological polar surface area (TPSA) is 0 Å². The van der Waals surface area contributed by atoms with Gasteiger partial charge >= 0.3 is 71.0 Å². The van der Waals surface area contributed by atoms with Crippen LogP contribution in [-0.4, -0.2) is 52.8 Å². The predicted molar refractivity (Wildman–Crippen MR) is 50.9 cm³/mol. The van der Waals surface area contributed by atoms with E-state index in [1.54, 1.807) is 8.26 Å². The average molecular weight is 346 g/mol. The van der Waals surface area contributed by atoms with Crippen LogP contribution in [0.3, 0.4) is 0 Å². The molecule has 0 aromatic carbocycles. The standard InChI is InChI=1S/2C4H9.Bi.Na/c2*1-3-4-2;;/h2*1,3-4H2,2H3;;. The summed E-state index contributed by atoms with van der Waals surface area (Å²) in [7, 11) is 0. The molecule has 0 fully saturated rings. The molecule has 0 spiro atoms. The van der Waals surface area contributed by atoms with Crippen molar-refractivity contribution in [2.75, 3.05) is 0 Å². The zero-order valence-electron chi connectivity index (χ0n) is 7.69. The third kappa shape index (κ3) is 12.5. The van der Waals surface area contributed by atoms with E-state index in [9.17, 15) is 0 Å². The summed E-state index contributed by atoms with van der Waals surface area (Å²) in [4.78, 5) is 0. The molecule has 0 amide bonds. The van der Waals surface area contributed by atoms with Gasteiger partial charge in [-0.25, -0.2) is 0 Å². The molecule has 0 nitrogen and oxygen atoms in total. The second kappa shape index (κ2) is 13.5. The van der Waals surface area contributed by atoms with E-state index in [0.29, 0.717) is 0 Å². The fourth-order valence-electron chi connectivity index (χ4n) is 0.652. The van der Waals surface area contributed by atoms with E-state index >= 15 is 0 Å². The zero-order chi connectivity index (χ0) is 6.95. The number of hydrogen-bond acceptors (Lipinski definition) is 0. The SMILES string of the molecule is CCC[CH2][Bi][CH2]CCC.[Na]. The molecule has 10 heavy (non-hydrogen) atoms. The van der Waals surface area contributed by atoms with E-state index in [1.165, 1.54) is 25.7 Å². The van der Waals surface area contributed by atoms with E-state index in [-0.39, 0.29) is 52.8 Å². The summed E-state index contributed by atoms with van der Waals surface area (Å²) < 4.78 is 3.27. The largest absolute Gasteiger partial charge is 0 e. The Bertz CT molecular complexity index is 42.5. The van der Waals surface area contributed by atoms with E-state index < -0.39 is 0 Å². The van der Waals surface area contributed by atoms with Gasteiger partial charge in [-0.05, 0) is 0 Å². The molecule has 0 saturated heterocycles. The van der Waals surface area contributed by atoms with Crippen molar-refractivity contribution < 1.29 is 0 Å². The third-order valence-corrected chi connectivity index (χ3v) is 6.26. The van der Waals surface area contributed by atoms with Gasteiger partial charge in [-0.15, -0.1) is 0 Å². The number of unbranched alkanes of at least 4 members (excludes halogenated alkanes) is 2. The van der Waals surface area contributed by atoms with Crippen molar-refractivity contribution >= 4 is 52.8 Å². The minimum atomic E-state index is 0. The van der Waals surface area contributed by atoms with Gasteiger partial charge in [0, 0.05) is 29.6 Å². The minimum Gasteiger partial charge on any atom is 0 e. The van der Waals surface area contributed by atoms with Crippen LogP contribution in [0.1, 0.15) is 39.5 Å². The normalized spacial score (nSPS) is 9.00. The Morgan fingerprint density at radius 3 is 1.60 bits per heavy atom. The van der Waals surface area contributed by atoms with Gasteiger partial charge in [-0.2, -0.15) is 0 Å². The Morgan fingerprint density at radius 2 is 1.30 bits per heavy atom. The molecule has 2 heteroatoms. The van der Waals surface area contributed by atoms with E-state index in [0.717, 1.165) is 0 Å². The quantitative estimate of drug-likeness (QED) is 0.513. The Kier molecular flexibility index (Phi) is 19.4. The van der Waals surface area contributed by atoms with Crippen LogP contribution in [0, 0.1) is 0 Å². The molecule has 56 valence electrons. The maximum absolute atomic E-state index is 2.29. The zero-order valence-corrected chi connectivity index (χ0v) is 13.2. The van der Waals surface area contributed by atoms with Gasteiger partial charge in [0.2, 0.25) is 0 Å². The summed E-state index contributed by atoms with van der Waals surface area (Å²) in [5, 5.41) is 0. The van der Waals surface area contributed by atoms with Crippen molar-refractivity contribution in [2.24, 2.45) is 0 Å². The average Bonchev–Trinajstić information content (AvgIpc) is 1.89. The molecule has 0 aliphatic rings. The summed E-state index contributed by atoms with van der Waals surface area (Å²) in [5.74, 6) is 0. The number of rotatable bonds is 6. The Morgan fingerprint density at radius 1 is 0.900 bits per heavy atom. The van der Waals surface area contributed by atoms with Crippen LogP contribution >= 0.6 is 0 Å². The summed E-state index contributed by atoms with van der Waals surface area (Å²) in [6, 6.07) is 0. The molecular formula is C8H18BiNa. The molecule has 0 saturated carbocycles. The maximum atomic E-state index is 2.29. The molecule has 0 aromatic rings. The van der Waals surface area contributed by atoms with Crippen LogP contribution in [0.5, 0.6) is 0 Å². The molecule has 2 radical (unpaired) electrons. The molecule has 0 aliphatic carbocycles. The van der Waals surface area contributed by atoms with Crippen molar-refractivity contribution in [3.8, 4) is 0 Å². The Balaban J connectivity index is 0. The molecule has 0 rings (SSSR count). The summed E-state index contributed by atoms with van der Waals surface area (Å²) >= 11 is 0.0681. The summed E-state index contributed by atoms with van der Waals surface area (Å²) in [5.41, 5.74) is 0. The molecule has 0 N–H and O–H groups in total. The predicted octanol–water partition coefficient (Wildman–Crippen LogP) is 2.75. The molecule has 0 bridgehead atoms. The van der Waals surface area contributed by atoms with Crippen LogP contribution in [0.25, 0.3) is 0 Å². The first kappa shape index (κ1) is 14.4. The van der Waals surface area contributed by atoms with Gasteiger partial charge in [0.1, 0.15) is 0 Å². The van der Waals surface area contributed by atoms with Crippen LogP contribution in [0.15, 0.2) is 0 Å². The fourth-order valence-corrected chi connectivity index (χ4v) is 5.72. The van der Waals surface area contributed by atoms with Crippen LogP contribution in [-0.2, 0) is 0 Å². The van der Waals surface area contributed by atoms with Crippen LogP contribution < -0.4 is 0 Å². The van der Waals surface area contributed by atoms with Gasteiger partial charge in [-0.3, -0.25) is 0 Å². The second-order valence-electron chi connectivity index (χ2n) is 2.38. The van der Waals surface area contributed by atoms with Crippen LogP contribution in [0.2, 0.25) is 8.26 Å². The van der Waals surface area contributed by atoms with Crippen molar-refractivity contribution in [1.29, 1.82) is 0 Å². The van der Waals surface area contributed by atoms with Crippen molar-refractivity contribution in [3.63, 3.8) is 0 Å². The fraction of sp³-hybridized carbons (Fsp3) is 1.00. The van der Waals surface area contributed by atoms with Gasteiger partial charge in [-0.1, -0.05) is 0 Å². The van der Waals surface area contributed by atoms with E-state index in [2.05, 4.69) is 13.8 Å². The first-order valence-electron chi connectivity index (χ1n) is 4.05. The number of hydrogen-bond donors (Lipinski definition) is 0. The van der Waals surface area contributed by atoms with Gasteiger partial charge in [0.05, 0.1) is 0 Å². The molecule has 0 heterocycles. The first-order chi connectivity index (χ1) is 4.41. The molecule has 0 aromatic heterocycles. The van der Waals surface area contributed by atoms with Gasteiger partial charge < -0.3 is 0 Å². The summed E-state index contributed by atoms with van der Waals surface area (Å²) in [6.07, 6.45) is 5.85.